The third-order valence-corrected chi connectivity index (χ3v) is 5.69. The van der Waals surface area contributed by atoms with Gasteiger partial charge in [0.1, 0.15) is 12.4 Å². The molecule has 0 saturated carbocycles. The van der Waals surface area contributed by atoms with E-state index in [0.717, 1.165) is 22.6 Å². The first-order valence-corrected chi connectivity index (χ1v) is 10.5. The van der Waals surface area contributed by atoms with E-state index in [9.17, 15) is 4.79 Å². The minimum atomic E-state index is -0.368. The lowest BCUT2D eigenvalue weighted by Crippen LogP contribution is -2.37. The van der Waals surface area contributed by atoms with Crippen molar-refractivity contribution in [2.45, 2.75) is 46.7 Å². The Kier molecular flexibility index (Phi) is 5.63. The molecule has 1 fully saturated rings. The molecule has 162 valence electrons. The van der Waals surface area contributed by atoms with Crippen LogP contribution in [0.4, 0.5) is 16.6 Å². The van der Waals surface area contributed by atoms with Crippen molar-refractivity contribution in [2.75, 3.05) is 16.8 Å². The van der Waals surface area contributed by atoms with Crippen LogP contribution in [0.15, 0.2) is 42.6 Å². The van der Waals surface area contributed by atoms with E-state index < -0.39 is 0 Å². The number of carbonyl (C=O) groups is 1. The monoisotopic (exact) mass is 420 g/mol. The second-order valence-corrected chi connectivity index (χ2v) is 8.19. The van der Waals surface area contributed by atoms with Gasteiger partial charge >= 0.3 is 6.09 Å². The van der Waals surface area contributed by atoms with Crippen LogP contribution >= 0.6 is 0 Å². The summed E-state index contributed by atoms with van der Waals surface area (Å²) >= 11 is 0. The third kappa shape index (κ3) is 3.97. The Balaban J connectivity index is 1.59. The van der Waals surface area contributed by atoms with Gasteiger partial charge in [0.25, 0.3) is 0 Å². The molecule has 3 aromatic rings. The molecule has 2 aromatic heterocycles. The Labute approximate surface area is 182 Å². The lowest BCUT2D eigenvalue weighted by molar-refractivity contribution is 0.177. The standard InChI is InChI=1S/C23H28N6O2/c1-14(2)19-13-31-23(30)28(19)20-11-12-24-22(26-20)25-15(3)21-16(4)27-29(17(21)5)18-9-7-6-8-10-18/h6-12,14-15,19H,13H2,1-5H3,(H,24,25,26)/t15-,19-/m1/s1. The molecule has 2 atom stereocenters. The van der Waals surface area contributed by atoms with Gasteiger partial charge in [0.05, 0.1) is 23.5 Å². The van der Waals surface area contributed by atoms with Gasteiger partial charge in [-0.3, -0.25) is 4.90 Å². The molecule has 1 aliphatic heterocycles. The number of rotatable bonds is 6. The maximum Gasteiger partial charge on any atom is 0.415 e. The molecule has 1 aliphatic rings. The fraction of sp³-hybridized carbons (Fsp3) is 0.391. The van der Waals surface area contributed by atoms with Gasteiger partial charge in [-0.2, -0.15) is 10.1 Å². The van der Waals surface area contributed by atoms with E-state index in [0.29, 0.717) is 18.4 Å². The van der Waals surface area contributed by atoms with Gasteiger partial charge in [-0.05, 0) is 44.9 Å². The summed E-state index contributed by atoms with van der Waals surface area (Å²) in [6, 6.07) is 11.7. The fourth-order valence-corrected chi connectivity index (χ4v) is 4.11. The van der Waals surface area contributed by atoms with E-state index in [1.165, 1.54) is 0 Å². The minimum Gasteiger partial charge on any atom is -0.447 e. The highest BCUT2D eigenvalue weighted by Crippen LogP contribution is 2.28. The number of para-hydroxylation sites is 1. The van der Waals surface area contributed by atoms with E-state index in [1.807, 2.05) is 41.9 Å². The molecule has 4 rings (SSSR count). The van der Waals surface area contributed by atoms with Crippen LogP contribution in [0, 0.1) is 19.8 Å². The zero-order chi connectivity index (χ0) is 22.1. The van der Waals surface area contributed by atoms with Gasteiger partial charge < -0.3 is 10.1 Å². The predicted octanol–water partition coefficient (Wildman–Crippen LogP) is 4.43. The number of hydrogen-bond donors (Lipinski definition) is 1. The highest BCUT2D eigenvalue weighted by Gasteiger charge is 2.37. The van der Waals surface area contributed by atoms with E-state index in [1.54, 1.807) is 17.2 Å². The van der Waals surface area contributed by atoms with Crippen LogP contribution < -0.4 is 10.2 Å². The average molecular weight is 421 g/mol. The lowest BCUT2D eigenvalue weighted by Gasteiger charge is -2.23. The quantitative estimate of drug-likeness (QED) is 0.635. The number of anilines is 2. The van der Waals surface area contributed by atoms with Crippen LogP contribution in [0.1, 0.15) is 43.8 Å². The van der Waals surface area contributed by atoms with Crippen molar-refractivity contribution in [1.82, 2.24) is 19.7 Å². The van der Waals surface area contributed by atoms with Gasteiger partial charge in [0.2, 0.25) is 5.95 Å². The number of ether oxygens (including phenoxy) is 1. The molecule has 0 bridgehead atoms. The van der Waals surface area contributed by atoms with Crippen LogP contribution in [0.2, 0.25) is 0 Å². The number of hydrogen-bond acceptors (Lipinski definition) is 6. The van der Waals surface area contributed by atoms with Crippen molar-refractivity contribution in [1.29, 1.82) is 0 Å². The summed E-state index contributed by atoms with van der Waals surface area (Å²) in [4.78, 5) is 22.9. The molecule has 3 heterocycles. The van der Waals surface area contributed by atoms with Crippen LogP contribution in [0.5, 0.6) is 0 Å². The maximum atomic E-state index is 12.3. The number of nitrogens with one attached hydrogen (secondary N) is 1. The summed E-state index contributed by atoms with van der Waals surface area (Å²) in [5, 5.41) is 8.10. The molecule has 1 amide bonds. The number of cyclic esters (lactones) is 1. The molecule has 0 unspecified atom stereocenters. The smallest absolute Gasteiger partial charge is 0.415 e. The Morgan fingerprint density at radius 3 is 2.58 bits per heavy atom. The van der Waals surface area contributed by atoms with Crippen molar-refractivity contribution < 1.29 is 9.53 Å². The lowest BCUT2D eigenvalue weighted by atomic mass is 10.0. The van der Waals surface area contributed by atoms with Gasteiger partial charge in [-0.15, -0.1) is 0 Å². The van der Waals surface area contributed by atoms with E-state index in [4.69, 9.17) is 9.84 Å². The van der Waals surface area contributed by atoms with Crippen molar-refractivity contribution in [3.8, 4) is 5.69 Å². The molecule has 0 spiro atoms. The molecule has 8 heteroatoms. The SMILES string of the molecule is Cc1nn(-c2ccccc2)c(C)c1[C@@H](C)Nc1nccc(N2C(=O)OC[C@@H]2C(C)C)n1. The molecule has 1 aromatic carbocycles. The summed E-state index contributed by atoms with van der Waals surface area (Å²) in [7, 11) is 0. The number of nitrogens with zero attached hydrogens (tertiary/aromatic N) is 5. The van der Waals surface area contributed by atoms with Crippen LogP contribution in [0.3, 0.4) is 0 Å². The van der Waals surface area contributed by atoms with Crippen LogP contribution in [-0.4, -0.2) is 38.5 Å². The first kappa shape index (κ1) is 20.8. The molecule has 1 N–H and O–H groups in total. The molecular formula is C23H28N6O2. The minimum absolute atomic E-state index is 0.0405. The van der Waals surface area contributed by atoms with Gasteiger partial charge in [0.15, 0.2) is 0 Å². The van der Waals surface area contributed by atoms with Gasteiger partial charge in [0, 0.05) is 17.5 Å². The van der Waals surface area contributed by atoms with Gasteiger partial charge in [-0.1, -0.05) is 32.0 Å². The van der Waals surface area contributed by atoms with Crippen molar-refractivity contribution in [2.24, 2.45) is 5.92 Å². The van der Waals surface area contributed by atoms with Crippen molar-refractivity contribution in [3.63, 3.8) is 0 Å². The Bertz CT molecular complexity index is 1080. The largest absolute Gasteiger partial charge is 0.447 e. The Morgan fingerprint density at radius 1 is 1.13 bits per heavy atom. The molecular weight excluding hydrogens is 392 g/mol. The molecule has 0 radical (unpaired) electrons. The van der Waals surface area contributed by atoms with Crippen LogP contribution in [-0.2, 0) is 4.74 Å². The van der Waals surface area contributed by atoms with Crippen molar-refractivity contribution in [3.05, 3.63) is 59.5 Å². The molecule has 8 nitrogen and oxygen atoms in total. The van der Waals surface area contributed by atoms with E-state index in [-0.39, 0.29) is 24.1 Å². The Hall–Kier alpha value is -3.42. The summed E-state index contributed by atoms with van der Waals surface area (Å²) in [5.74, 6) is 1.25. The summed E-state index contributed by atoms with van der Waals surface area (Å²) in [5.41, 5.74) is 4.12. The molecule has 1 saturated heterocycles. The number of aromatic nitrogens is 4. The normalized spacial score (nSPS) is 17.2. The summed E-state index contributed by atoms with van der Waals surface area (Å²) in [6.45, 7) is 10.6. The summed E-state index contributed by atoms with van der Waals surface area (Å²) in [6.07, 6.45) is 1.29. The molecule has 0 aliphatic carbocycles. The van der Waals surface area contributed by atoms with E-state index >= 15 is 0 Å². The van der Waals surface area contributed by atoms with E-state index in [2.05, 4.69) is 43.0 Å². The first-order valence-electron chi connectivity index (χ1n) is 10.5. The maximum absolute atomic E-state index is 12.3. The van der Waals surface area contributed by atoms with Crippen LogP contribution in [0.25, 0.3) is 5.69 Å². The number of aryl methyl sites for hydroxylation is 1. The number of benzene rings is 1. The predicted molar refractivity (Wildman–Crippen MR) is 120 cm³/mol. The zero-order valence-electron chi connectivity index (χ0n) is 18.5. The zero-order valence-corrected chi connectivity index (χ0v) is 18.5. The second kappa shape index (κ2) is 8.37. The van der Waals surface area contributed by atoms with Crippen molar-refractivity contribution >= 4 is 17.9 Å². The number of amides is 1. The first-order chi connectivity index (χ1) is 14.9. The highest BCUT2D eigenvalue weighted by atomic mass is 16.6. The third-order valence-electron chi connectivity index (χ3n) is 5.69. The Morgan fingerprint density at radius 2 is 1.87 bits per heavy atom. The van der Waals surface area contributed by atoms with Gasteiger partial charge in [-0.25, -0.2) is 14.5 Å². The number of carbonyl (C=O) groups excluding carboxylic acids is 1. The highest BCUT2D eigenvalue weighted by molar-refractivity contribution is 5.89. The topological polar surface area (TPSA) is 85.2 Å². The summed E-state index contributed by atoms with van der Waals surface area (Å²) < 4.78 is 7.21. The fourth-order valence-electron chi connectivity index (χ4n) is 4.11. The molecule has 31 heavy (non-hydrogen) atoms. The average Bonchev–Trinajstić information content (AvgIpc) is 3.28. The second-order valence-electron chi connectivity index (χ2n) is 8.19.